The summed E-state index contributed by atoms with van der Waals surface area (Å²) in [6, 6.07) is 9.37. The molecule has 0 unspecified atom stereocenters. The van der Waals surface area contributed by atoms with E-state index in [1.165, 1.54) is 6.33 Å². The fraction of sp³-hybridized carbons (Fsp3) is 0.300. The Hall–Kier alpha value is -3.22. The molecular formula is C20H19N5O2. The highest BCUT2D eigenvalue weighted by Gasteiger charge is 2.46. The third kappa shape index (κ3) is 2.27. The largest absolute Gasteiger partial charge is 0.335 e. The predicted octanol–water partition coefficient (Wildman–Crippen LogP) is 2.81. The number of hydrogen-bond donors (Lipinski definition) is 2. The van der Waals surface area contributed by atoms with Gasteiger partial charge >= 0.3 is 0 Å². The highest BCUT2D eigenvalue weighted by Crippen LogP contribution is 2.38. The summed E-state index contributed by atoms with van der Waals surface area (Å²) in [7, 11) is 0. The van der Waals surface area contributed by atoms with E-state index in [2.05, 4.69) is 20.6 Å². The molecule has 3 heterocycles. The van der Waals surface area contributed by atoms with Crippen LogP contribution in [0.2, 0.25) is 0 Å². The van der Waals surface area contributed by atoms with Crippen LogP contribution in [-0.4, -0.2) is 20.4 Å². The lowest BCUT2D eigenvalue weighted by Gasteiger charge is -2.26. The van der Waals surface area contributed by atoms with E-state index in [4.69, 9.17) is 0 Å². The van der Waals surface area contributed by atoms with Gasteiger partial charge in [0.05, 0.1) is 5.52 Å². The predicted molar refractivity (Wildman–Crippen MR) is 102 cm³/mol. The number of carbonyl (C=O) groups excluding carboxylic acids is 1. The molecule has 136 valence electrons. The Balaban J connectivity index is 1.68. The van der Waals surface area contributed by atoms with Crippen molar-refractivity contribution in [2.75, 3.05) is 5.32 Å². The van der Waals surface area contributed by atoms with Crippen molar-refractivity contribution in [2.24, 2.45) is 0 Å². The number of rotatable bonds is 2. The molecule has 7 heteroatoms. The molecule has 2 aliphatic rings. The van der Waals surface area contributed by atoms with Gasteiger partial charge in [-0.3, -0.25) is 14.2 Å². The van der Waals surface area contributed by atoms with E-state index in [1.54, 1.807) is 10.6 Å². The van der Waals surface area contributed by atoms with Gasteiger partial charge in [0.2, 0.25) is 0 Å². The molecule has 1 aliphatic carbocycles. The van der Waals surface area contributed by atoms with Gasteiger partial charge in [-0.25, -0.2) is 9.97 Å². The monoisotopic (exact) mass is 361 g/mol. The quantitative estimate of drug-likeness (QED) is 0.733. The summed E-state index contributed by atoms with van der Waals surface area (Å²) in [5.74, 6) is 0.418. The number of fused-ring (bicyclic) bond motifs is 3. The first-order valence-electron chi connectivity index (χ1n) is 9.15. The molecule has 0 radical (unpaired) electrons. The fourth-order valence-corrected chi connectivity index (χ4v) is 4.39. The Labute approximate surface area is 155 Å². The molecule has 3 aromatic rings. The van der Waals surface area contributed by atoms with E-state index >= 15 is 0 Å². The number of para-hydroxylation sites is 1. The van der Waals surface area contributed by atoms with Gasteiger partial charge in [0, 0.05) is 5.39 Å². The van der Waals surface area contributed by atoms with Crippen molar-refractivity contribution in [1.82, 2.24) is 19.9 Å². The normalized spacial score (nSPS) is 17.3. The maximum absolute atomic E-state index is 13.3. The maximum Gasteiger partial charge on any atom is 0.276 e. The SMILES string of the molecule is Cc1cc(Nc2ncnc3ccccc23)c(=O)n2c1C(=O)NC21CCCC1. The molecule has 27 heavy (non-hydrogen) atoms. The maximum atomic E-state index is 13.3. The number of carbonyl (C=O) groups is 1. The molecule has 2 aromatic heterocycles. The Morgan fingerprint density at radius 3 is 2.74 bits per heavy atom. The molecule has 0 saturated heterocycles. The van der Waals surface area contributed by atoms with Crippen LogP contribution >= 0.6 is 0 Å². The van der Waals surface area contributed by atoms with Gasteiger partial charge in [-0.1, -0.05) is 12.1 Å². The summed E-state index contributed by atoms with van der Waals surface area (Å²) in [4.78, 5) is 34.4. The van der Waals surface area contributed by atoms with Crippen molar-refractivity contribution >= 4 is 28.3 Å². The van der Waals surface area contributed by atoms with E-state index in [-0.39, 0.29) is 11.5 Å². The van der Waals surface area contributed by atoms with Gasteiger partial charge in [-0.05, 0) is 56.4 Å². The van der Waals surface area contributed by atoms with E-state index in [0.29, 0.717) is 17.2 Å². The average molecular weight is 361 g/mol. The van der Waals surface area contributed by atoms with Gasteiger partial charge < -0.3 is 10.6 Å². The number of nitrogens with zero attached hydrogens (tertiary/aromatic N) is 3. The molecule has 2 N–H and O–H groups in total. The first kappa shape index (κ1) is 16.0. The zero-order valence-electron chi connectivity index (χ0n) is 15.0. The van der Waals surface area contributed by atoms with Crippen molar-refractivity contribution in [3.8, 4) is 0 Å². The molecule has 0 bridgehead atoms. The van der Waals surface area contributed by atoms with Crippen LogP contribution < -0.4 is 16.2 Å². The first-order valence-corrected chi connectivity index (χ1v) is 9.15. The first-order chi connectivity index (χ1) is 13.1. The van der Waals surface area contributed by atoms with E-state index < -0.39 is 5.66 Å². The third-order valence-electron chi connectivity index (χ3n) is 5.61. The summed E-state index contributed by atoms with van der Waals surface area (Å²) in [5, 5.41) is 7.09. The van der Waals surface area contributed by atoms with Crippen molar-refractivity contribution in [2.45, 2.75) is 38.3 Å². The zero-order chi connectivity index (χ0) is 18.6. The second kappa shape index (κ2) is 5.64. The highest BCUT2D eigenvalue weighted by atomic mass is 16.2. The average Bonchev–Trinajstić information content (AvgIpc) is 3.24. The van der Waals surface area contributed by atoms with Gasteiger partial charge in [-0.15, -0.1) is 0 Å². The molecule has 0 atom stereocenters. The fourth-order valence-electron chi connectivity index (χ4n) is 4.39. The lowest BCUT2D eigenvalue weighted by Crippen LogP contribution is -2.45. The Morgan fingerprint density at radius 2 is 1.93 bits per heavy atom. The van der Waals surface area contributed by atoms with Crippen LogP contribution in [0.25, 0.3) is 10.9 Å². The Bertz CT molecular complexity index is 1140. The molecule has 1 fully saturated rings. The van der Waals surface area contributed by atoms with Crippen molar-refractivity contribution < 1.29 is 4.79 Å². The van der Waals surface area contributed by atoms with E-state index in [9.17, 15) is 9.59 Å². The minimum absolute atomic E-state index is 0.162. The summed E-state index contributed by atoms with van der Waals surface area (Å²) < 4.78 is 1.67. The number of anilines is 2. The van der Waals surface area contributed by atoms with Gasteiger partial charge in [0.15, 0.2) is 0 Å². The van der Waals surface area contributed by atoms with Crippen molar-refractivity contribution in [1.29, 1.82) is 0 Å². The number of aromatic nitrogens is 3. The highest BCUT2D eigenvalue weighted by molar-refractivity contribution is 5.97. The second-order valence-electron chi connectivity index (χ2n) is 7.29. The topological polar surface area (TPSA) is 88.9 Å². The van der Waals surface area contributed by atoms with Crippen LogP contribution in [0, 0.1) is 6.92 Å². The van der Waals surface area contributed by atoms with Crippen LogP contribution in [0.4, 0.5) is 11.5 Å². The number of aryl methyl sites for hydroxylation is 1. The summed E-state index contributed by atoms with van der Waals surface area (Å²) in [6.07, 6.45) is 5.04. The molecular weight excluding hydrogens is 342 g/mol. The number of amides is 1. The zero-order valence-corrected chi connectivity index (χ0v) is 15.0. The summed E-state index contributed by atoms with van der Waals surface area (Å²) in [5.41, 5.74) is 1.69. The molecule has 1 aromatic carbocycles. The third-order valence-corrected chi connectivity index (χ3v) is 5.61. The molecule has 1 aliphatic heterocycles. The lowest BCUT2D eigenvalue weighted by molar-refractivity contribution is 0.0920. The van der Waals surface area contributed by atoms with Gasteiger partial charge in [0.1, 0.15) is 29.2 Å². The van der Waals surface area contributed by atoms with Crippen LogP contribution in [0.1, 0.15) is 41.7 Å². The lowest BCUT2D eigenvalue weighted by atomic mass is 10.1. The summed E-state index contributed by atoms with van der Waals surface area (Å²) in [6.45, 7) is 1.86. The minimum Gasteiger partial charge on any atom is -0.335 e. The van der Waals surface area contributed by atoms with Gasteiger partial charge in [-0.2, -0.15) is 0 Å². The number of pyridine rings is 1. The molecule has 1 saturated carbocycles. The van der Waals surface area contributed by atoms with Crippen molar-refractivity contribution in [3.05, 3.63) is 58.3 Å². The number of nitrogens with one attached hydrogen (secondary N) is 2. The second-order valence-corrected chi connectivity index (χ2v) is 7.29. The van der Waals surface area contributed by atoms with Crippen LogP contribution in [0.3, 0.4) is 0 Å². The Morgan fingerprint density at radius 1 is 1.15 bits per heavy atom. The molecule has 1 amide bonds. The molecule has 1 spiro atoms. The number of benzene rings is 1. The van der Waals surface area contributed by atoms with Crippen molar-refractivity contribution in [3.63, 3.8) is 0 Å². The summed E-state index contributed by atoms with van der Waals surface area (Å²) >= 11 is 0. The van der Waals surface area contributed by atoms with E-state index in [0.717, 1.165) is 42.1 Å². The smallest absolute Gasteiger partial charge is 0.276 e. The van der Waals surface area contributed by atoms with Crippen LogP contribution in [0.5, 0.6) is 0 Å². The van der Waals surface area contributed by atoms with E-state index in [1.807, 2.05) is 31.2 Å². The van der Waals surface area contributed by atoms with Crippen LogP contribution in [0.15, 0.2) is 41.5 Å². The molecule has 7 nitrogen and oxygen atoms in total. The standard InChI is InChI=1S/C20H19N5O2/c1-12-10-15(23-17-13-6-2-3-7-14(13)21-11-22-17)19(27)25-16(12)18(26)24-20(25)8-4-5-9-20/h2-3,6-7,10-11H,4-5,8-9H2,1H3,(H,24,26)(H,21,22,23). The molecule has 5 rings (SSSR count). The van der Waals surface area contributed by atoms with Crippen LogP contribution in [-0.2, 0) is 5.66 Å². The minimum atomic E-state index is -0.584. The number of hydrogen-bond acceptors (Lipinski definition) is 5. The van der Waals surface area contributed by atoms with Gasteiger partial charge in [0.25, 0.3) is 11.5 Å². The Kier molecular flexibility index (Phi) is 3.34.